The molecule has 0 radical (unpaired) electrons. The molecule has 1 fully saturated rings. The summed E-state index contributed by atoms with van der Waals surface area (Å²) in [5.74, 6) is 1.56. The zero-order valence-corrected chi connectivity index (χ0v) is 11.3. The number of nitrogens with zero attached hydrogens (tertiary/aromatic N) is 2. The molecule has 1 amide bonds. The Kier molecular flexibility index (Phi) is 3.84. The third kappa shape index (κ3) is 3.00. The van der Waals surface area contributed by atoms with Crippen LogP contribution in [-0.4, -0.2) is 30.0 Å². The van der Waals surface area contributed by atoms with Crippen LogP contribution in [0.25, 0.3) is 0 Å². The van der Waals surface area contributed by atoms with E-state index in [1.54, 1.807) is 6.92 Å². The zero-order chi connectivity index (χ0) is 13.1. The predicted molar refractivity (Wildman–Crippen MR) is 72.8 cm³/mol. The molecular weight excluding hydrogens is 226 g/mol. The topological polar surface area (TPSA) is 45.2 Å². The molecule has 1 atom stereocenters. The van der Waals surface area contributed by atoms with Crippen molar-refractivity contribution in [3.63, 3.8) is 0 Å². The van der Waals surface area contributed by atoms with E-state index in [0.717, 1.165) is 25.3 Å². The molecule has 1 aromatic rings. The first-order valence-electron chi connectivity index (χ1n) is 6.54. The minimum Gasteiger partial charge on any atom is -0.354 e. The summed E-state index contributed by atoms with van der Waals surface area (Å²) in [6.45, 7) is 7.71. The number of pyridine rings is 1. The number of hydrogen-bond donors (Lipinski definition) is 1. The lowest BCUT2D eigenvalue weighted by atomic mass is 10.1. The summed E-state index contributed by atoms with van der Waals surface area (Å²) in [5, 5.41) is 2.96. The Morgan fingerprint density at radius 1 is 1.50 bits per heavy atom. The van der Waals surface area contributed by atoms with Gasteiger partial charge in [0.2, 0.25) is 5.91 Å². The summed E-state index contributed by atoms with van der Waals surface area (Å²) in [7, 11) is 0. The van der Waals surface area contributed by atoms with Gasteiger partial charge in [-0.15, -0.1) is 0 Å². The van der Waals surface area contributed by atoms with Crippen LogP contribution in [0.3, 0.4) is 0 Å². The van der Waals surface area contributed by atoms with E-state index in [4.69, 9.17) is 0 Å². The first-order chi connectivity index (χ1) is 8.56. The molecule has 0 unspecified atom stereocenters. The maximum Gasteiger partial charge on any atom is 0.217 e. The van der Waals surface area contributed by atoms with Gasteiger partial charge < -0.3 is 10.2 Å². The van der Waals surface area contributed by atoms with Gasteiger partial charge in [-0.3, -0.25) is 4.79 Å². The SMILES string of the molecule is CC(=O)N[C@@H]1CCN(c2ccc(C(C)C)cn2)C1. The third-order valence-electron chi connectivity index (χ3n) is 3.36. The molecule has 2 heterocycles. The van der Waals surface area contributed by atoms with Crippen molar-refractivity contribution in [1.82, 2.24) is 10.3 Å². The Bertz CT molecular complexity index is 414. The quantitative estimate of drug-likeness (QED) is 0.887. The van der Waals surface area contributed by atoms with E-state index in [1.807, 2.05) is 6.20 Å². The van der Waals surface area contributed by atoms with Gasteiger partial charge in [0.1, 0.15) is 5.82 Å². The van der Waals surface area contributed by atoms with Crippen molar-refractivity contribution in [2.75, 3.05) is 18.0 Å². The van der Waals surface area contributed by atoms with Crippen molar-refractivity contribution in [2.24, 2.45) is 0 Å². The Hall–Kier alpha value is -1.58. The number of nitrogens with one attached hydrogen (secondary N) is 1. The van der Waals surface area contributed by atoms with E-state index in [2.05, 4.69) is 41.2 Å². The average molecular weight is 247 g/mol. The number of rotatable bonds is 3. The first kappa shape index (κ1) is 12.9. The van der Waals surface area contributed by atoms with Crippen molar-refractivity contribution >= 4 is 11.7 Å². The molecule has 2 rings (SSSR count). The van der Waals surface area contributed by atoms with E-state index >= 15 is 0 Å². The highest BCUT2D eigenvalue weighted by atomic mass is 16.1. The zero-order valence-electron chi connectivity index (χ0n) is 11.3. The Morgan fingerprint density at radius 3 is 2.83 bits per heavy atom. The van der Waals surface area contributed by atoms with Gasteiger partial charge in [-0.05, 0) is 24.0 Å². The fourth-order valence-corrected chi connectivity index (χ4v) is 2.30. The lowest BCUT2D eigenvalue weighted by Gasteiger charge is -2.18. The van der Waals surface area contributed by atoms with Gasteiger partial charge in [0.05, 0.1) is 0 Å². The smallest absolute Gasteiger partial charge is 0.217 e. The van der Waals surface area contributed by atoms with Gasteiger partial charge in [0.15, 0.2) is 0 Å². The Morgan fingerprint density at radius 2 is 2.28 bits per heavy atom. The minimum atomic E-state index is 0.0463. The molecule has 0 spiro atoms. The fourth-order valence-electron chi connectivity index (χ4n) is 2.30. The molecule has 1 saturated heterocycles. The number of amides is 1. The second kappa shape index (κ2) is 5.38. The maximum absolute atomic E-state index is 11.0. The van der Waals surface area contributed by atoms with Crippen molar-refractivity contribution in [3.8, 4) is 0 Å². The highest BCUT2D eigenvalue weighted by Crippen LogP contribution is 2.20. The molecule has 0 aliphatic carbocycles. The molecule has 1 N–H and O–H groups in total. The molecule has 4 heteroatoms. The maximum atomic E-state index is 11.0. The van der Waals surface area contributed by atoms with E-state index in [0.29, 0.717) is 5.92 Å². The van der Waals surface area contributed by atoms with Gasteiger partial charge in [0, 0.05) is 32.3 Å². The molecule has 1 aliphatic rings. The lowest BCUT2D eigenvalue weighted by molar-refractivity contribution is -0.119. The molecule has 1 aromatic heterocycles. The first-order valence-corrected chi connectivity index (χ1v) is 6.54. The summed E-state index contributed by atoms with van der Waals surface area (Å²) >= 11 is 0. The van der Waals surface area contributed by atoms with E-state index in [9.17, 15) is 4.79 Å². The van der Waals surface area contributed by atoms with Crippen molar-refractivity contribution in [3.05, 3.63) is 23.9 Å². The molecule has 0 saturated carbocycles. The Labute approximate surface area is 108 Å². The van der Waals surface area contributed by atoms with Crippen LogP contribution in [0.15, 0.2) is 18.3 Å². The van der Waals surface area contributed by atoms with E-state index < -0.39 is 0 Å². The van der Waals surface area contributed by atoms with Crippen molar-refractivity contribution < 1.29 is 4.79 Å². The van der Waals surface area contributed by atoms with Crippen LogP contribution in [-0.2, 0) is 4.79 Å². The highest BCUT2D eigenvalue weighted by Gasteiger charge is 2.23. The average Bonchev–Trinajstić information content (AvgIpc) is 2.76. The molecule has 1 aliphatic heterocycles. The van der Waals surface area contributed by atoms with Gasteiger partial charge in [0.25, 0.3) is 0 Å². The molecular formula is C14H21N3O. The van der Waals surface area contributed by atoms with Crippen LogP contribution >= 0.6 is 0 Å². The lowest BCUT2D eigenvalue weighted by Crippen LogP contribution is -2.35. The molecule has 98 valence electrons. The highest BCUT2D eigenvalue weighted by molar-refractivity contribution is 5.73. The number of hydrogen-bond acceptors (Lipinski definition) is 3. The van der Waals surface area contributed by atoms with Crippen LogP contribution in [0, 0.1) is 0 Å². The van der Waals surface area contributed by atoms with E-state index in [1.165, 1.54) is 5.56 Å². The van der Waals surface area contributed by atoms with Crippen LogP contribution in [0.4, 0.5) is 5.82 Å². The van der Waals surface area contributed by atoms with Gasteiger partial charge >= 0.3 is 0 Å². The number of aromatic nitrogens is 1. The van der Waals surface area contributed by atoms with Crippen molar-refractivity contribution in [1.29, 1.82) is 0 Å². The minimum absolute atomic E-state index is 0.0463. The second-order valence-electron chi connectivity index (χ2n) is 5.24. The van der Waals surface area contributed by atoms with Crippen LogP contribution in [0.1, 0.15) is 38.7 Å². The number of carbonyl (C=O) groups is 1. The van der Waals surface area contributed by atoms with Crippen molar-refractivity contribution in [2.45, 2.75) is 39.2 Å². The summed E-state index contributed by atoms with van der Waals surface area (Å²) in [6, 6.07) is 4.47. The van der Waals surface area contributed by atoms with Crippen LogP contribution in [0.2, 0.25) is 0 Å². The molecule has 18 heavy (non-hydrogen) atoms. The summed E-state index contributed by atoms with van der Waals surface area (Å²) in [5.41, 5.74) is 1.26. The largest absolute Gasteiger partial charge is 0.354 e. The fraction of sp³-hybridized carbons (Fsp3) is 0.571. The third-order valence-corrected chi connectivity index (χ3v) is 3.36. The summed E-state index contributed by atoms with van der Waals surface area (Å²) in [4.78, 5) is 17.8. The van der Waals surface area contributed by atoms with E-state index in [-0.39, 0.29) is 11.9 Å². The van der Waals surface area contributed by atoms with Crippen LogP contribution in [0.5, 0.6) is 0 Å². The summed E-state index contributed by atoms with van der Waals surface area (Å²) in [6.07, 6.45) is 2.94. The van der Waals surface area contributed by atoms with Crippen LogP contribution < -0.4 is 10.2 Å². The monoisotopic (exact) mass is 247 g/mol. The molecule has 4 nitrogen and oxygen atoms in total. The second-order valence-corrected chi connectivity index (χ2v) is 5.24. The molecule has 0 bridgehead atoms. The predicted octanol–water partition coefficient (Wildman–Crippen LogP) is 1.92. The number of carbonyl (C=O) groups excluding carboxylic acids is 1. The van der Waals surface area contributed by atoms with Gasteiger partial charge in [-0.2, -0.15) is 0 Å². The van der Waals surface area contributed by atoms with Gasteiger partial charge in [-0.25, -0.2) is 4.98 Å². The standard InChI is InChI=1S/C14H21N3O/c1-10(2)12-4-5-14(15-8-12)17-7-6-13(9-17)16-11(3)18/h4-5,8,10,13H,6-7,9H2,1-3H3,(H,16,18)/t13-/m1/s1. The summed E-state index contributed by atoms with van der Waals surface area (Å²) < 4.78 is 0. The van der Waals surface area contributed by atoms with Gasteiger partial charge in [-0.1, -0.05) is 19.9 Å². The number of anilines is 1. The Balaban J connectivity index is 1.98. The molecule has 0 aromatic carbocycles. The normalized spacial score (nSPS) is 19.3.